The van der Waals surface area contributed by atoms with E-state index in [1.165, 1.54) is 24.3 Å². The number of hydrogen-bond acceptors (Lipinski definition) is 4. The van der Waals surface area contributed by atoms with E-state index in [4.69, 9.17) is 10.00 Å². The number of pyridine rings is 1. The summed E-state index contributed by atoms with van der Waals surface area (Å²) in [6.07, 6.45) is -0.228. The highest BCUT2D eigenvalue weighted by Crippen LogP contribution is 2.22. The second-order valence-electron chi connectivity index (χ2n) is 4.81. The van der Waals surface area contributed by atoms with Gasteiger partial charge in [-0.3, -0.25) is 4.79 Å². The summed E-state index contributed by atoms with van der Waals surface area (Å²) in [6, 6.07) is 10.8. The lowest BCUT2D eigenvalue weighted by molar-refractivity contribution is 0.0762. The summed E-state index contributed by atoms with van der Waals surface area (Å²) in [4.78, 5) is 16.0. The minimum atomic E-state index is -0.577. The third-order valence-corrected chi connectivity index (χ3v) is 3.22. The maximum absolute atomic E-state index is 14.1. The lowest BCUT2D eigenvalue weighted by atomic mass is 10.1. The number of rotatable bonds is 5. The van der Waals surface area contributed by atoms with E-state index >= 15 is 0 Å². The number of amides is 1. The van der Waals surface area contributed by atoms with Gasteiger partial charge in [-0.2, -0.15) is 5.26 Å². The minimum Gasteiger partial charge on any atom is -0.374 e. The Hall–Kier alpha value is -2.78. The summed E-state index contributed by atoms with van der Waals surface area (Å²) in [6.45, 7) is 4.22. The van der Waals surface area contributed by atoms with Gasteiger partial charge in [0.25, 0.3) is 5.91 Å². The Morgan fingerprint density at radius 1 is 1.43 bits per heavy atom. The van der Waals surface area contributed by atoms with Crippen LogP contribution in [-0.2, 0) is 4.74 Å². The van der Waals surface area contributed by atoms with Crippen LogP contribution in [0, 0.1) is 17.1 Å². The number of hydrogen-bond donors (Lipinski definition) is 1. The highest BCUT2D eigenvalue weighted by Gasteiger charge is 2.13. The Morgan fingerprint density at radius 2 is 2.22 bits per heavy atom. The van der Waals surface area contributed by atoms with Gasteiger partial charge in [0, 0.05) is 6.61 Å². The largest absolute Gasteiger partial charge is 0.374 e. The molecule has 2 rings (SSSR count). The molecule has 1 amide bonds. The van der Waals surface area contributed by atoms with Crippen LogP contribution in [0.15, 0.2) is 36.4 Å². The number of benzene rings is 1. The predicted molar refractivity (Wildman–Crippen MR) is 83.3 cm³/mol. The number of halogens is 1. The summed E-state index contributed by atoms with van der Waals surface area (Å²) in [5, 5.41) is 11.2. The van der Waals surface area contributed by atoms with Gasteiger partial charge in [0.1, 0.15) is 23.3 Å². The van der Waals surface area contributed by atoms with Crippen molar-refractivity contribution in [3.8, 4) is 6.07 Å². The zero-order valence-electron chi connectivity index (χ0n) is 12.8. The van der Waals surface area contributed by atoms with Crippen LogP contribution >= 0.6 is 0 Å². The molecule has 1 atom stereocenters. The van der Waals surface area contributed by atoms with Gasteiger partial charge in [-0.1, -0.05) is 12.1 Å². The number of nitrogens with zero attached hydrogens (tertiary/aromatic N) is 2. The second kappa shape index (κ2) is 7.47. The van der Waals surface area contributed by atoms with E-state index in [1.54, 1.807) is 12.1 Å². The quantitative estimate of drug-likeness (QED) is 0.917. The molecule has 1 aromatic heterocycles. The average molecular weight is 313 g/mol. The van der Waals surface area contributed by atoms with Crippen LogP contribution in [0.3, 0.4) is 0 Å². The fraction of sp³-hybridized carbons (Fsp3) is 0.235. The molecule has 1 aromatic carbocycles. The van der Waals surface area contributed by atoms with Gasteiger partial charge < -0.3 is 10.1 Å². The first-order valence-corrected chi connectivity index (χ1v) is 7.14. The molecule has 0 radical (unpaired) electrons. The number of nitrogens with one attached hydrogen (secondary N) is 1. The molecule has 1 heterocycles. The minimum absolute atomic E-state index is 0.0478. The molecule has 0 fully saturated rings. The van der Waals surface area contributed by atoms with Gasteiger partial charge >= 0.3 is 0 Å². The summed E-state index contributed by atoms with van der Waals surface area (Å²) in [7, 11) is 0. The Kier molecular flexibility index (Phi) is 5.39. The topological polar surface area (TPSA) is 75.0 Å². The van der Waals surface area contributed by atoms with Crippen molar-refractivity contribution >= 4 is 11.6 Å². The zero-order valence-corrected chi connectivity index (χ0v) is 12.8. The molecule has 6 heteroatoms. The molecule has 0 bridgehead atoms. The maximum atomic E-state index is 14.1. The van der Waals surface area contributed by atoms with E-state index < -0.39 is 11.7 Å². The lowest BCUT2D eigenvalue weighted by Crippen LogP contribution is -2.15. The van der Waals surface area contributed by atoms with Gasteiger partial charge in [-0.25, -0.2) is 9.37 Å². The fourth-order valence-electron chi connectivity index (χ4n) is 2.04. The zero-order chi connectivity index (χ0) is 16.8. The number of carbonyl (C=O) groups excluding carboxylic acids is 1. The van der Waals surface area contributed by atoms with E-state index in [9.17, 15) is 9.18 Å². The monoisotopic (exact) mass is 313 g/mol. The molecule has 0 spiro atoms. The first kappa shape index (κ1) is 16.6. The van der Waals surface area contributed by atoms with Crippen LogP contribution < -0.4 is 5.32 Å². The summed E-state index contributed by atoms with van der Waals surface area (Å²) in [5.41, 5.74) is 0.910. The number of ether oxygens (including phenoxy) is 1. The molecule has 0 saturated carbocycles. The molecule has 5 nitrogen and oxygen atoms in total. The standard InChI is InChI=1S/C17H16FN3O2/c1-3-23-11(2)12-7-8-15(14(18)9-12)21-17(22)16-6-4-5-13(10-19)20-16/h4-9,11H,3H2,1-2H3,(H,21,22). The number of anilines is 1. The normalized spacial score (nSPS) is 11.6. The molecular weight excluding hydrogens is 297 g/mol. The summed E-state index contributed by atoms with van der Waals surface area (Å²) < 4.78 is 19.5. The van der Waals surface area contributed by atoms with Crippen molar-refractivity contribution in [2.24, 2.45) is 0 Å². The van der Waals surface area contributed by atoms with E-state index in [-0.39, 0.29) is 23.2 Å². The molecule has 23 heavy (non-hydrogen) atoms. The molecule has 118 valence electrons. The summed E-state index contributed by atoms with van der Waals surface area (Å²) >= 11 is 0. The van der Waals surface area contributed by atoms with Crippen LogP contribution in [0.1, 0.15) is 41.7 Å². The Balaban J connectivity index is 2.16. The van der Waals surface area contributed by atoms with Crippen LogP contribution in [-0.4, -0.2) is 17.5 Å². The number of carbonyl (C=O) groups is 1. The number of nitriles is 1. The van der Waals surface area contributed by atoms with E-state index in [0.717, 1.165) is 0 Å². The highest BCUT2D eigenvalue weighted by molar-refractivity contribution is 6.03. The maximum Gasteiger partial charge on any atom is 0.274 e. The molecule has 0 saturated heterocycles. The molecular formula is C17H16FN3O2. The van der Waals surface area contributed by atoms with Crippen molar-refractivity contribution in [2.45, 2.75) is 20.0 Å². The van der Waals surface area contributed by atoms with Gasteiger partial charge in [0.15, 0.2) is 0 Å². The fourth-order valence-corrected chi connectivity index (χ4v) is 2.04. The van der Waals surface area contributed by atoms with Crippen LogP contribution in [0.2, 0.25) is 0 Å². The SMILES string of the molecule is CCOC(C)c1ccc(NC(=O)c2cccc(C#N)n2)c(F)c1. The number of aromatic nitrogens is 1. The van der Waals surface area contributed by atoms with Crippen LogP contribution in [0.4, 0.5) is 10.1 Å². The van der Waals surface area contributed by atoms with Crippen molar-refractivity contribution in [3.63, 3.8) is 0 Å². The van der Waals surface area contributed by atoms with Gasteiger partial charge in [-0.05, 0) is 43.7 Å². The molecule has 0 aliphatic heterocycles. The summed E-state index contributed by atoms with van der Waals surface area (Å²) in [5.74, 6) is -1.13. The molecule has 2 aromatic rings. The Labute approximate surface area is 133 Å². The molecule has 0 aliphatic rings. The van der Waals surface area contributed by atoms with Gasteiger partial charge in [0.05, 0.1) is 11.8 Å². The van der Waals surface area contributed by atoms with Crippen molar-refractivity contribution in [2.75, 3.05) is 11.9 Å². The van der Waals surface area contributed by atoms with E-state index in [1.807, 2.05) is 19.9 Å². The molecule has 1 N–H and O–H groups in total. The van der Waals surface area contributed by atoms with E-state index in [0.29, 0.717) is 12.2 Å². The van der Waals surface area contributed by atoms with Crippen molar-refractivity contribution in [3.05, 3.63) is 59.2 Å². The van der Waals surface area contributed by atoms with Crippen LogP contribution in [0.5, 0.6) is 0 Å². The first-order valence-electron chi connectivity index (χ1n) is 7.14. The third-order valence-electron chi connectivity index (χ3n) is 3.22. The van der Waals surface area contributed by atoms with Crippen molar-refractivity contribution < 1.29 is 13.9 Å². The Bertz CT molecular complexity index is 756. The molecule has 1 unspecified atom stereocenters. The second-order valence-corrected chi connectivity index (χ2v) is 4.81. The van der Waals surface area contributed by atoms with Crippen molar-refractivity contribution in [1.29, 1.82) is 5.26 Å². The lowest BCUT2D eigenvalue weighted by Gasteiger charge is -2.13. The predicted octanol–water partition coefficient (Wildman–Crippen LogP) is 3.44. The van der Waals surface area contributed by atoms with Crippen LogP contribution in [0.25, 0.3) is 0 Å². The highest BCUT2D eigenvalue weighted by atomic mass is 19.1. The Morgan fingerprint density at radius 3 is 2.87 bits per heavy atom. The molecule has 0 aliphatic carbocycles. The van der Waals surface area contributed by atoms with Crippen molar-refractivity contribution in [1.82, 2.24) is 4.98 Å². The first-order chi connectivity index (χ1) is 11.0. The average Bonchev–Trinajstić information content (AvgIpc) is 2.56. The van der Waals surface area contributed by atoms with E-state index in [2.05, 4.69) is 10.3 Å². The van der Waals surface area contributed by atoms with Gasteiger partial charge in [-0.15, -0.1) is 0 Å². The third kappa shape index (κ3) is 4.11. The smallest absolute Gasteiger partial charge is 0.274 e. The van der Waals surface area contributed by atoms with Gasteiger partial charge in [0.2, 0.25) is 0 Å².